The van der Waals surface area contributed by atoms with Gasteiger partial charge in [-0.25, -0.2) is 4.79 Å². The van der Waals surface area contributed by atoms with Gasteiger partial charge in [-0.3, -0.25) is 8.78 Å². The minimum atomic E-state index is -1.30. The van der Waals surface area contributed by atoms with Crippen molar-refractivity contribution in [1.82, 2.24) is 9.55 Å². The first-order valence-electron chi connectivity index (χ1n) is 4.60. The van der Waals surface area contributed by atoms with Crippen LogP contribution in [0.25, 0.3) is 0 Å². The number of nitrogen functional groups attached to an aromatic ring is 1. The van der Waals surface area contributed by atoms with Crippen LogP contribution in [0.4, 0.5) is 5.82 Å². The van der Waals surface area contributed by atoms with Crippen LogP contribution in [-0.2, 0) is 15.5 Å². The van der Waals surface area contributed by atoms with E-state index in [1.807, 2.05) is 0 Å². The van der Waals surface area contributed by atoms with Crippen LogP contribution in [0.3, 0.4) is 0 Å². The normalized spacial score (nSPS) is 29.4. The second-order valence-corrected chi connectivity index (χ2v) is 4.91. The lowest BCUT2D eigenvalue weighted by molar-refractivity contribution is -0.00702. The Hall–Kier alpha value is -1.25. The van der Waals surface area contributed by atoms with Crippen LogP contribution in [0.15, 0.2) is 17.1 Å². The molecule has 0 saturated carbocycles. The lowest BCUT2D eigenvalue weighted by Crippen LogP contribution is -2.28. The topological polar surface area (TPSA) is 107 Å². The second kappa shape index (κ2) is 4.32. The number of hydrogen-bond acceptors (Lipinski definition) is 6. The van der Waals surface area contributed by atoms with Gasteiger partial charge in [0, 0.05) is 6.20 Å². The van der Waals surface area contributed by atoms with Crippen molar-refractivity contribution >= 4 is 16.6 Å². The summed E-state index contributed by atoms with van der Waals surface area (Å²) in [6.07, 6.45) is 0.783. The van der Waals surface area contributed by atoms with Crippen molar-refractivity contribution in [3.63, 3.8) is 0 Å². The van der Waals surface area contributed by atoms with Gasteiger partial charge >= 0.3 is 5.69 Å². The van der Waals surface area contributed by atoms with E-state index in [9.17, 15) is 9.00 Å². The zero-order chi connectivity index (χ0) is 11.7. The fourth-order valence-electron chi connectivity index (χ4n) is 1.44. The van der Waals surface area contributed by atoms with Gasteiger partial charge in [-0.05, 0) is 6.07 Å². The quantitative estimate of drug-likeness (QED) is 0.651. The average molecular weight is 245 g/mol. The van der Waals surface area contributed by atoms with Gasteiger partial charge in [0.05, 0.1) is 23.2 Å². The Morgan fingerprint density at radius 2 is 2.50 bits per heavy atom. The van der Waals surface area contributed by atoms with Gasteiger partial charge in [0.25, 0.3) is 0 Å². The lowest BCUT2D eigenvalue weighted by atomic mass is 10.5. The van der Waals surface area contributed by atoms with E-state index in [1.54, 1.807) is 0 Å². The molecule has 0 unspecified atom stereocenters. The van der Waals surface area contributed by atoms with E-state index in [2.05, 4.69) is 4.98 Å². The lowest BCUT2D eigenvalue weighted by Gasteiger charge is -2.12. The summed E-state index contributed by atoms with van der Waals surface area (Å²) >= 11 is 0. The number of aliphatic hydroxyl groups excluding tert-OH is 1. The van der Waals surface area contributed by atoms with Crippen molar-refractivity contribution in [2.45, 2.75) is 11.7 Å². The summed E-state index contributed by atoms with van der Waals surface area (Å²) in [5.74, 6) is 0.288. The third-order valence-corrected chi connectivity index (χ3v) is 3.68. The molecule has 0 amide bonds. The van der Waals surface area contributed by atoms with Crippen LogP contribution in [0.2, 0.25) is 0 Å². The molecule has 2 heterocycles. The summed E-state index contributed by atoms with van der Waals surface area (Å²) in [6, 6.07) is 1.46. The van der Waals surface area contributed by atoms with E-state index in [0.717, 1.165) is 0 Å². The number of ether oxygens (including phenoxy) is 1. The molecule has 1 aromatic heterocycles. The van der Waals surface area contributed by atoms with Gasteiger partial charge in [0.1, 0.15) is 5.82 Å². The number of aromatic nitrogens is 2. The number of nitrogens with two attached hydrogens (primary N) is 1. The Labute approximate surface area is 93.3 Å². The summed E-state index contributed by atoms with van der Waals surface area (Å²) in [5.41, 5.74) is 4.05. The van der Waals surface area contributed by atoms with Crippen molar-refractivity contribution in [3.8, 4) is 0 Å². The Bertz CT molecular complexity index is 475. The SMILES string of the molecule is Nc1ccn([C@@H]2C[S@@](=O)[C@H](CO)O2)c(=O)n1. The highest BCUT2D eigenvalue weighted by Gasteiger charge is 2.33. The molecule has 1 aliphatic rings. The van der Waals surface area contributed by atoms with Crippen LogP contribution in [0.1, 0.15) is 6.23 Å². The Morgan fingerprint density at radius 1 is 1.75 bits per heavy atom. The van der Waals surface area contributed by atoms with Crippen molar-refractivity contribution in [3.05, 3.63) is 22.7 Å². The van der Waals surface area contributed by atoms with E-state index in [0.29, 0.717) is 0 Å². The maximum absolute atomic E-state index is 11.5. The first-order valence-corrected chi connectivity index (χ1v) is 5.98. The maximum Gasteiger partial charge on any atom is 0.351 e. The zero-order valence-corrected chi connectivity index (χ0v) is 9.09. The highest BCUT2D eigenvalue weighted by atomic mass is 32.2. The monoisotopic (exact) mass is 245 g/mol. The first-order chi connectivity index (χ1) is 7.61. The molecule has 7 nitrogen and oxygen atoms in total. The first kappa shape index (κ1) is 11.2. The molecular formula is C8H11N3O4S. The van der Waals surface area contributed by atoms with E-state index in [4.69, 9.17) is 15.6 Å². The van der Waals surface area contributed by atoms with Gasteiger partial charge in [-0.2, -0.15) is 4.98 Å². The number of aliphatic hydroxyl groups is 1. The summed E-state index contributed by atoms with van der Waals surface area (Å²) in [5, 5.41) is 8.87. The van der Waals surface area contributed by atoms with Crippen LogP contribution < -0.4 is 11.4 Å². The smallest absolute Gasteiger partial charge is 0.351 e. The molecular weight excluding hydrogens is 234 g/mol. The Morgan fingerprint density at radius 3 is 3.06 bits per heavy atom. The van der Waals surface area contributed by atoms with Gasteiger partial charge in [0.2, 0.25) is 0 Å². The largest absolute Gasteiger partial charge is 0.393 e. The molecule has 3 atom stereocenters. The molecule has 8 heteroatoms. The molecule has 1 aromatic rings. The van der Waals surface area contributed by atoms with Gasteiger partial charge in [-0.1, -0.05) is 0 Å². The van der Waals surface area contributed by atoms with Gasteiger partial charge in [-0.15, -0.1) is 0 Å². The van der Waals surface area contributed by atoms with Crippen molar-refractivity contribution < 1.29 is 14.1 Å². The minimum Gasteiger partial charge on any atom is -0.393 e. The van der Waals surface area contributed by atoms with Crippen LogP contribution >= 0.6 is 0 Å². The summed E-state index contributed by atoms with van der Waals surface area (Å²) in [6.45, 7) is -0.333. The number of anilines is 1. The molecule has 3 N–H and O–H groups in total. The standard InChI is InChI=1S/C8H11N3O4S/c9-5-1-2-11(8(13)10-5)6-4-16(14)7(3-12)15-6/h1-2,6-7,12H,3-4H2,(H2,9,10,13)/t6-,7+,16+/m0/s1. The molecule has 0 spiro atoms. The predicted octanol–water partition coefficient (Wildman–Crippen LogP) is -1.58. The molecule has 2 rings (SSSR count). The highest BCUT2D eigenvalue weighted by molar-refractivity contribution is 7.85. The van der Waals surface area contributed by atoms with E-state index >= 15 is 0 Å². The molecule has 1 saturated heterocycles. The number of rotatable bonds is 2. The van der Waals surface area contributed by atoms with Crippen molar-refractivity contribution in [2.75, 3.05) is 18.1 Å². The second-order valence-electron chi connectivity index (χ2n) is 3.29. The maximum atomic E-state index is 11.5. The fourth-order valence-corrected chi connectivity index (χ4v) is 2.59. The summed E-state index contributed by atoms with van der Waals surface area (Å²) < 4.78 is 17.9. The van der Waals surface area contributed by atoms with Gasteiger partial charge < -0.3 is 15.6 Å². The van der Waals surface area contributed by atoms with Gasteiger partial charge in [0.15, 0.2) is 11.7 Å². The van der Waals surface area contributed by atoms with E-state index in [1.165, 1.54) is 16.8 Å². The van der Waals surface area contributed by atoms with Crippen LogP contribution in [0.5, 0.6) is 0 Å². The van der Waals surface area contributed by atoms with E-state index in [-0.39, 0.29) is 18.2 Å². The average Bonchev–Trinajstić information content (AvgIpc) is 2.59. The minimum absolute atomic E-state index is 0.124. The fraction of sp³-hybridized carbons (Fsp3) is 0.500. The Kier molecular flexibility index (Phi) is 3.03. The zero-order valence-electron chi connectivity index (χ0n) is 8.28. The predicted molar refractivity (Wildman–Crippen MR) is 56.9 cm³/mol. The number of nitrogens with zero attached hydrogens (tertiary/aromatic N) is 2. The molecule has 1 aliphatic heterocycles. The molecule has 16 heavy (non-hydrogen) atoms. The Balaban J connectivity index is 2.27. The molecule has 0 aromatic carbocycles. The molecule has 0 aliphatic carbocycles. The molecule has 1 fully saturated rings. The van der Waals surface area contributed by atoms with Crippen LogP contribution in [-0.4, -0.2) is 36.7 Å². The third-order valence-electron chi connectivity index (χ3n) is 2.22. The van der Waals surface area contributed by atoms with E-state index < -0.39 is 28.2 Å². The summed E-state index contributed by atoms with van der Waals surface area (Å²) in [4.78, 5) is 15.0. The molecule has 0 bridgehead atoms. The number of hydrogen-bond donors (Lipinski definition) is 2. The molecule has 0 radical (unpaired) electrons. The third kappa shape index (κ3) is 1.99. The highest BCUT2D eigenvalue weighted by Crippen LogP contribution is 2.22. The summed E-state index contributed by atoms with van der Waals surface area (Å²) in [7, 11) is -1.30. The molecule has 88 valence electrons. The van der Waals surface area contributed by atoms with Crippen molar-refractivity contribution in [1.29, 1.82) is 0 Å². The van der Waals surface area contributed by atoms with Crippen LogP contribution in [0, 0.1) is 0 Å². The van der Waals surface area contributed by atoms with Crippen molar-refractivity contribution in [2.24, 2.45) is 0 Å².